The van der Waals surface area contributed by atoms with Gasteiger partial charge in [-0.1, -0.05) is 12.1 Å². The molecule has 2 rings (SSSR count). The van der Waals surface area contributed by atoms with E-state index in [1.165, 1.54) is 0 Å². The van der Waals surface area contributed by atoms with Gasteiger partial charge in [-0.25, -0.2) is 8.42 Å². The molecule has 0 bridgehead atoms. The van der Waals surface area contributed by atoms with E-state index in [0.717, 1.165) is 16.7 Å². The van der Waals surface area contributed by atoms with Gasteiger partial charge in [-0.2, -0.15) is 0 Å². The molecule has 0 heterocycles. The van der Waals surface area contributed by atoms with Gasteiger partial charge in [0.1, 0.15) is 0 Å². The van der Waals surface area contributed by atoms with Crippen molar-refractivity contribution in [1.29, 1.82) is 0 Å². The van der Waals surface area contributed by atoms with E-state index in [1.807, 2.05) is 18.2 Å². The lowest BCUT2D eigenvalue weighted by atomic mass is 10.1. The van der Waals surface area contributed by atoms with Crippen LogP contribution >= 0.6 is 0 Å². The topological polar surface area (TPSA) is 46.2 Å². The van der Waals surface area contributed by atoms with Crippen LogP contribution < -0.4 is 4.72 Å². The number of nitrogens with one attached hydrogen (secondary N) is 1. The molecule has 58 valence electrons. The van der Waals surface area contributed by atoms with E-state index < -0.39 is 10.0 Å². The van der Waals surface area contributed by atoms with Crippen molar-refractivity contribution < 1.29 is 8.42 Å². The van der Waals surface area contributed by atoms with Crippen LogP contribution in [0, 0.1) is 10.4 Å². The minimum Gasteiger partial charge on any atom is -0.283 e. The number of rotatable bonds is 2. The second kappa shape index (κ2) is 1.76. The molecule has 0 spiro atoms. The van der Waals surface area contributed by atoms with Crippen molar-refractivity contribution in [2.45, 2.75) is 0 Å². The second-order valence-electron chi connectivity index (χ2n) is 2.63. The van der Waals surface area contributed by atoms with Gasteiger partial charge >= 0.3 is 0 Å². The third kappa shape index (κ3) is 0.991. The fraction of sp³-hybridized carbons (Fsp3) is 0.143. The minimum absolute atomic E-state index is 0.713. The first-order chi connectivity index (χ1) is 5.06. The third-order valence-corrected chi connectivity index (χ3v) is 2.22. The van der Waals surface area contributed by atoms with E-state index in [1.54, 1.807) is 0 Å². The lowest BCUT2D eigenvalue weighted by Gasteiger charge is -2.11. The van der Waals surface area contributed by atoms with Gasteiger partial charge in [0.25, 0.3) is 0 Å². The molecule has 0 saturated carbocycles. The first-order valence-corrected chi connectivity index (χ1v) is 5.08. The molecule has 0 unspecified atom stereocenters. The highest BCUT2D eigenvalue weighted by molar-refractivity contribution is 7.92. The van der Waals surface area contributed by atoms with Crippen molar-refractivity contribution in [1.82, 2.24) is 0 Å². The molecule has 0 aromatic rings. The van der Waals surface area contributed by atoms with Gasteiger partial charge in [-0.15, -0.1) is 0 Å². The van der Waals surface area contributed by atoms with E-state index in [2.05, 4.69) is 4.72 Å². The van der Waals surface area contributed by atoms with E-state index in [0.29, 0.717) is 5.69 Å². The lowest BCUT2D eigenvalue weighted by Crippen LogP contribution is -2.12. The molecule has 0 aromatic carbocycles. The molecule has 4 heteroatoms. The van der Waals surface area contributed by atoms with Crippen LogP contribution in [0.2, 0.25) is 0 Å². The normalized spacial score (nSPS) is 12.8. The predicted octanol–water partition coefficient (Wildman–Crippen LogP) is 0.658. The molecule has 0 aromatic heterocycles. The molecule has 2 aliphatic rings. The first-order valence-electron chi connectivity index (χ1n) is 3.18. The number of benzene rings is 1. The van der Waals surface area contributed by atoms with Crippen molar-refractivity contribution in [3.05, 3.63) is 28.6 Å². The summed E-state index contributed by atoms with van der Waals surface area (Å²) in [5, 5.41) is 2.16. The van der Waals surface area contributed by atoms with Crippen molar-refractivity contribution in [2.75, 3.05) is 11.0 Å². The number of hydrogen-bond donors (Lipinski definition) is 1. The van der Waals surface area contributed by atoms with Crippen LogP contribution in [0.15, 0.2) is 18.2 Å². The van der Waals surface area contributed by atoms with Crippen molar-refractivity contribution in [3.8, 4) is 0 Å². The summed E-state index contributed by atoms with van der Waals surface area (Å²) in [6, 6.07) is 5.65. The van der Waals surface area contributed by atoms with Crippen molar-refractivity contribution in [2.24, 2.45) is 0 Å². The first kappa shape index (κ1) is 6.67. The average Bonchev–Trinajstić information content (AvgIpc) is 1.77. The Morgan fingerprint density at radius 3 is 2.36 bits per heavy atom. The van der Waals surface area contributed by atoms with Gasteiger partial charge in [0.2, 0.25) is 10.0 Å². The van der Waals surface area contributed by atoms with Gasteiger partial charge in [0.15, 0.2) is 0 Å². The fourth-order valence-electron chi connectivity index (χ4n) is 1.07. The molecule has 3 nitrogen and oxygen atoms in total. The molecular weight excluding hydrogens is 162 g/mol. The molecular formula is C7H7NO2S. The Labute approximate surface area is 64.4 Å². The summed E-state index contributed by atoms with van der Waals surface area (Å²) < 4.78 is 23.8. The Kier molecular flexibility index (Phi) is 1.07. The smallest absolute Gasteiger partial charge is 0.229 e. The molecule has 2 aliphatic carbocycles. The average molecular weight is 169 g/mol. The van der Waals surface area contributed by atoms with E-state index in [9.17, 15) is 8.42 Å². The molecule has 0 atom stereocenters. The standard InChI is InChI=1S/C7H7NO2S/c1-11(9,10)8-7-4-5-2-3-6(5)7/h2-4,8H,1H3. The van der Waals surface area contributed by atoms with Crippen LogP contribution in [0.1, 0.15) is 0 Å². The lowest BCUT2D eigenvalue weighted by molar-refractivity contribution is 0.606. The van der Waals surface area contributed by atoms with Crippen LogP contribution in [0.25, 0.3) is 0 Å². The van der Waals surface area contributed by atoms with Crippen LogP contribution in [-0.2, 0) is 10.0 Å². The summed E-state index contributed by atoms with van der Waals surface area (Å²) in [6.45, 7) is 0. The Morgan fingerprint density at radius 1 is 1.36 bits per heavy atom. The van der Waals surface area contributed by atoms with Gasteiger partial charge in [0, 0.05) is 5.22 Å². The highest BCUT2D eigenvalue weighted by Gasteiger charge is 2.08. The molecule has 1 N–H and O–H groups in total. The fourth-order valence-corrected chi connectivity index (χ4v) is 1.64. The molecule has 0 aliphatic heterocycles. The summed E-state index contributed by atoms with van der Waals surface area (Å²) in [6.07, 6.45) is 1.15. The zero-order chi connectivity index (χ0) is 8.06. The highest BCUT2D eigenvalue weighted by atomic mass is 32.2. The van der Waals surface area contributed by atoms with Crippen molar-refractivity contribution >= 4 is 15.7 Å². The third-order valence-electron chi connectivity index (χ3n) is 1.63. The maximum absolute atomic E-state index is 10.7. The zero-order valence-electron chi connectivity index (χ0n) is 5.96. The molecule has 0 radical (unpaired) electrons. The maximum Gasteiger partial charge on any atom is 0.229 e. The monoisotopic (exact) mass is 169 g/mol. The summed E-state index contributed by atoms with van der Waals surface area (Å²) in [7, 11) is -3.09. The van der Waals surface area contributed by atoms with E-state index in [-0.39, 0.29) is 0 Å². The Hall–Kier alpha value is -1.03. The maximum atomic E-state index is 10.7. The summed E-state index contributed by atoms with van der Waals surface area (Å²) in [5.41, 5.74) is 0.713. The molecule has 0 saturated heterocycles. The Bertz CT molecular complexity index is 490. The summed E-state index contributed by atoms with van der Waals surface area (Å²) in [5.74, 6) is 0. The molecule has 11 heavy (non-hydrogen) atoms. The SMILES string of the molecule is CS(=O)(=O)Nc1cc2ccc1=2. The van der Waals surface area contributed by atoms with Crippen molar-refractivity contribution in [3.63, 3.8) is 0 Å². The number of sulfonamides is 1. The van der Waals surface area contributed by atoms with Gasteiger partial charge in [0.05, 0.1) is 11.9 Å². The van der Waals surface area contributed by atoms with E-state index >= 15 is 0 Å². The van der Waals surface area contributed by atoms with Gasteiger partial charge < -0.3 is 0 Å². The van der Waals surface area contributed by atoms with Crippen LogP contribution in [-0.4, -0.2) is 14.7 Å². The van der Waals surface area contributed by atoms with Gasteiger partial charge in [-0.3, -0.25) is 4.72 Å². The minimum atomic E-state index is -3.09. The largest absolute Gasteiger partial charge is 0.283 e. The van der Waals surface area contributed by atoms with Crippen LogP contribution in [0.4, 0.5) is 5.69 Å². The predicted molar refractivity (Wildman–Crippen MR) is 42.6 cm³/mol. The highest BCUT2D eigenvalue weighted by Crippen LogP contribution is 2.21. The van der Waals surface area contributed by atoms with Crippen LogP contribution in [0.5, 0.6) is 0 Å². The zero-order valence-corrected chi connectivity index (χ0v) is 6.77. The Morgan fingerprint density at radius 2 is 2.09 bits per heavy atom. The molecule has 0 fully saturated rings. The van der Waals surface area contributed by atoms with Crippen LogP contribution in [0.3, 0.4) is 0 Å². The number of anilines is 1. The second-order valence-corrected chi connectivity index (χ2v) is 4.38. The number of hydrogen-bond acceptors (Lipinski definition) is 2. The quantitative estimate of drug-likeness (QED) is 0.717. The van der Waals surface area contributed by atoms with Gasteiger partial charge in [-0.05, 0) is 11.3 Å². The molecule has 0 amide bonds. The van der Waals surface area contributed by atoms with E-state index in [4.69, 9.17) is 0 Å². The Balaban J connectivity index is 2.33. The summed E-state index contributed by atoms with van der Waals surface area (Å²) in [4.78, 5) is 0. The summed E-state index contributed by atoms with van der Waals surface area (Å²) >= 11 is 0.